The summed E-state index contributed by atoms with van der Waals surface area (Å²) in [4.78, 5) is 6.96. The zero-order valence-corrected chi connectivity index (χ0v) is 12.7. The van der Waals surface area contributed by atoms with E-state index >= 15 is 0 Å². The highest BCUT2D eigenvalue weighted by molar-refractivity contribution is 5.97. The number of likely N-dealkylation sites (N-methyl/N-ethyl adjacent to an activating group) is 1. The molecule has 114 valence electrons. The lowest BCUT2D eigenvalue weighted by Crippen LogP contribution is -2.27. The molecule has 0 atom stereocenters. The average molecular weight is 288 g/mol. The fraction of sp³-hybridized carbons (Fsp3) is 0.625. The molecular weight excluding hydrogens is 264 g/mol. The molecule has 21 heavy (non-hydrogen) atoms. The first kappa shape index (κ1) is 14.3. The van der Waals surface area contributed by atoms with Crippen LogP contribution in [-0.4, -0.2) is 42.0 Å². The van der Waals surface area contributed by atoms with Crippen molar-refractivity contribution in [3.05, 3.63) is 22.9 Å². The zero-order valence-electron chi connectivity index (χ0n) is 12.7. The first-order chi connectivity index (χ1) is 10.1. The number of nitrogens with zero attached hydrogens (tertiary/aromatic N) is 2. The van der Waals surface area contributed by atoms with E-state index in [1.165, 1.54) is 31.2 Å². The molecule has 1 aromatic heterocycles. The van der Waals surface area contributed by atoms with Gasteiger partial charge >= 0.3 is 0 Å². The Kier molecular flexibility index (Phi) is 4.10. The quantitative estimate of drug-likeness (QED) is 0.617. The van der Waals surface area contributed by atoms with Crippen LogP contribution in [0.4, 0.5) is 0 Å². The maximum atomic E-state index is 7.74. The van der Waals surface area contributed by atoms with Gasteiger partial charge in [0, 0.05) is 18.3 Å². The number of aromatic nitrogens is 1. The Morgan fingerprint density at radius 2 is 2.19 bits per heavy atom. The minimum Gasteiger partial charge on any atom is -0.476 e. The van der Waals surface area contributed by atoms with Crippen LogP contribution in [0.3, 0.4) is 0 Å². The average Bonchev–Trinajstić information content (AvgIpc) is 3.30. The van der Waals surface area contributed by atoms with Gasteiger partial charge in [-0.15, -0.1) is 0 Å². The summed E-state index contributed by atoms with van der Waals surface area (Å²) in [6.07, 6.45) is 7.01. The van der Waals surface area contributed by atoms with Crippen molar-refractivity contribution in [2.45, 2.75) is 44.6 Å². The molecule has 0 spiro atoms. The second-order valence-corrected chi connectivity index (χ2v) is 6.13. The molecule has 2 aliphatic rings. The molecule has 3 N–H and O–H groups in total. The molecule has 1 heterocycles. The van der Waals surface area contributed by atoms with Gasteiger partial charge in [-0.05, 0) is 57.2 Å². The molecule has 5 nitrogen and oxygen atoms in total. The summed E-state index contributed by atoms with van der Waals surface area (Å²) in [7, 11) is 2.13. The van der Waals surface area contributed by atoms with E-state index in [4.69, 9.17) is 15.9 Å². The standard InChI is InChI=1S/C16H24N4O/c1-20(12-6-7-12)8-9-21-16-13(15(17)18)10-11-4-2-3-5-14(11)19-16/h10,12H,2-9H2,1H3,(H3,17,18). The highest BCUT2D eigenvalue weighted by Crippen LogP contribution is 2.27. The Bertz CT molecular complexity index is 539. The monoisotopic (exact) mass is 288 g/mol. The molecule has 2 aliphatic carbocycles. The lowest BCUT2D eigenvalue weighted by Gasteiger charge is -2.20. The topological polar surface area (TPSA) is 75.2 Å². The summed E-state index contributed by atoms with van der Waals surface area (Å²) in [6.45, 7) is 1.49. The molecular formula is C16H24N4O. The number of amidine groups is 1. The van der Waals surface area contributed by atoms with Crippen molar-refractivity contribution < 1.29 is 4.74 Å². The third-order valence-corrected chi connectivity index (χ3v) is 4.41. The van der Waals surface area contributed by atoms with Gasteiger partial charge in [0.2, 0.25) is 5.88 Å². The van der Waals surface area contributed by atoms with Crippen molar-refractivity contribution in [1.29, 1.82) is 5.41 Å². The van der Waals surface area contributed by atoms with Gasteiger partial charge in [-0.2, -0.15) is 0 Å². The van der Waals surface area contributed by atoms with Gasteiger partial charge in [-0.3, -0.25) is 5.41 Å². The third kappa shape index (κ3) is 3.35. The minimum atomic E-state index is 0.0430. The summed E-state index contributed by atoms with van der Waals surface area (Å²) >= 11 is 0. The SMILES string of the molecule is CN(CCOc1nc2c(cc1C(=N)N)CCCC2)C1CC1. The number of rotatable bonds is 6. The van der Waals surface area contributed by atoms with Crippen LogP contribution >= 0.6 is 0 Å². The van der Waals surface area contributed by atoms with Crippen molar-refractivity contribution in [1.82, 2.24) is 9.88 Å². The van der Waals surface area contributed by atoms with E-state index < -0.39 is 0 Å². The van der Waals surface area contributed by atoms with Crippen LogP contribution in [0.25, 0.3) is 0 Å². The van der Waals surface area contributed by atoms with Crippen LogP contribution < -0.4 is 10.5 Å². The van der Waals surface area contributed by atoms with Crippen molar-refractivity contribution in [3.8, 4) is 5.88 Å². The fourth-order valence-corrected chi connectivity index (χ4v) is 2.90. The van der Waals surface area contributed by atoms with E-state index in [1.807, 2.05) is 6.07 Å². The maximum Gasteiger partial charge on any atom is 0.224 e. The number of pyridine rings is 1. The Morgan fingerprint density at radius 1 is 1.43 bits per heavy atom. The van der Waals surface area contributed by atoms with Crippen molar-refractivity contribution in [2.75, 3.05) is 20.2 Å². The number of hydrogen-bond donors (Lipinski definition) is 2. The third-order valence-electron chi connectivity index (χ3n) is 4.41. The number of nitrogens with one attached hydrogen (secondary N) is 1. The number of nitrogen functional groups attached to an aromatic ring is 1. The summed E-state index contributed by atoms with van der Waals surface area (Å²) in [5.41, 5.74) is 8.69. The second-order valence-electron chi connectivity index (χ2n) is 6.13. The van der Waals surface area contributed by atoms with E-state index in [1.54, 1.807) is 0 Å². The Balaban J connectivity index is 1.71. The van der Waals surface area contributed by atoms with Crippen LogP contribution in [0.15, 0.2) is 6.07 Å². The van der Waals surface area contributed by atoms with Gasteiger partial charge < -0.3 is 15.4 Å². The molecule has 0 unspecified atom stereocenters. The molecule has 1 aromatic rings. The molecule has 3 rings (SSSR count). The first-order valence-electron chi connectivity index (χ1n) is 7.85. The van der Waals surface area contributed by atoms with Gasteiger partial charge in [0.15, 0.2) is 0 Å². The van der Waals surface area contributed by atoms with Gasteiger partial charge in [0.1, 0.15) is 12.4 Å². The highest BCUT2D eigenvalue weighted by Gasteiger charge is 2.25. The molecule has 0 aromatic carbocycles. The van der Waals surface area contributed by atoms with E-state index in [-0.39, 0.29) is 5.84 Å². The number of ether oxygens (including phenoxy) is 1. The van der Waals surface area contributed by atoms with Gasteiger partial charge in [0.05, 0.1) is 5.56 Å². The van der Waals surface area contributed by atoms with E-state index in [2.05, 4.69) is 16.9 Å². The lowest BCUT2D eigenvalue weighted by molar-refractivity contribution is 0.225. The summed E-state index contributed by atoms with van der Waals surface area (Å²) in [5.74, 6) is 0.578. The minimum absolute atomic E-state index is 0.0430. The van der Waals surface area contributed by atoms with Crippen molar-refractivity contribution >= 4 is 5.84 Å². The van der Waals surface area contributed by atoms with E-state index in [0.29, 0.717) is 18.1 Å². The smallest absolute Gasteiger partial charge is 0.224 e. The van der Waals surface area contributed by atoms with Crippen LogP contribution in [0, 0.1) is 5.41 Å². The molecule has 0 saturated heterocycles. The van der Waals surface area contributed by atoms with Gasteiger partial charge in [-0.25, -0.2) is 4.98 Å². The molecule has 0 amide bonds. The molecule has 0 radical (unpaired) electrons. The normalized spacial score (nSPS) is 17.6. The van der Waals surface area contributed by atoms with Gasteiger partial charge in [-0.1, -0.05) is 0 Å². The Labute approximate surface area is 126 Å². The first-order valence-corrected chi connectivity index (χ1v) is 7.85. The van der Waals surface area contributed by atoms with Crippen LogP contribution in [0.1, 0.15) is 42.5 Å². The molecule has 1 saturated carbocycles. The zero-order chi connectivity index (χ0) is 14.8. The molecule has 0 bridgehead atoms. The van der Waals surface area contributed by atoms with Crippen LogP contribution in [0.5, 0.6) is 5.88 Å². The van der Waals surface area contributed by atoms with Crippen LogP contribution in [0.2, 0.25) is 0 Å². The Hall–Kier alpha value is -1.62. The summed E-state index contributed by atoms with van der Waals surface area (Å²) in [6, 6.07) is 2.74. The predicted molar refractivity (Wildman–Crippen MR) is 83.0 cm³/mol. The van der Waals surface area contributed by atoms with E-state index in [0.717, 1.165) is 31.1 Å². The fourth-order valence-electron chi connectivity index (χ4n) is 2.90. The maximum absolute atomic E-state index is 7.74. The molecule has 0 aliphatic heterocycles. The predicted octanol–water partition coefficient (Wildman–Crippen LogP) is 1.72. The summed E-state index contributed by atoms with van der Waals surface area (Å²) in [5, 5.41) is 7.74. The van der Waals surface area contributed by atoms with Crippen molar-refractivity contribution in [2.24, 2.45) is 5.73 Å². The summed E-state index contributed by atoms with van der Waals surface area (Å²) < 4.78 is 5.84. The number of fused-ring (bicyclic) bond motifs is 1. The molecule has 5 heteroatoms. The Morgan fingerprint density at radius 3 is 2.90 bits per heavy atom. The number of nitrogens with two attached hydrogens (primary N) is 1. The number of hydrogen-bond acceptors (Lipinski definition) is 4. The van der Waals surface area contributed by atoms with E-state index in [9.17, 15) is 0 Å². The number of aryl methyl sites for hydroxylation is 2. The highest BCUT2D eigenvalue weighted by atomic mass is 16.5. The lowest BCUT2D eigenvalue weighted by atomic mass is 9.95. The van der Waals surface area contributed by atoms with Gasteiger partial charge in [0.25, 0.3) is 0 Å². The second kappa shape index (κ2) is 6.02. The van der Waals surface area contributed by atoms with Crippen LogP contribution in [-0.2, 0) is 12.8 Å². The largest absolute Gasteiger partial charge is 0.476 e. The van der Waals surface area contributed by atoms with Crippen molar-refractivity contribution in [3.63, 3.8) is 0 Å². The molecule has 1 fully saturated rings.